The van der Waals surface area contributed by atoms with Crippen molar-refractivity contribution in [2.45, 2.75) is 18.8 Å². The van der Waals surface area contributed by atoms with Crippen molar-refractivity contribution in [1.29, 1.82) is 0 Å². The Labute approximate surface area is 135 Å². The predicted molar refractivity (Wildman–Crippen MR) is 86.0 cm³/mol. The fourth-order valence-electron chi connectivity index (χ4n) is 2.13. The molecule has 1 N–H and O–H groups in total. The van der Waals surface area contributed by atoms with Gasteiger partial charge in [-0.25, -0.2) is 0 Å². The maximum absolute atomic E-state index is 12.0. The smallest absolute Gasteiger partial charge is 0.270 e. The summed E-state index contributed by atoms with van der Waals surface area (Å²) in [5.41, 5.74) is 0.662. The van der Waals surface area contributed by atoms with Gasteiger partial charge in [0.2, 0.25) is 5.91 Å². The summed E-state index contributed by atoms with van der Waals surface area (Å²) in [6.07, 6.45) is 6.82. The van der Waals surface area contributed by atoms with Crippen LogP contribution in [-0.4, -0.2) is 16.0 Å². The summed E-state index contributed by atoms with van der Waals surface area (Å²) in [5.74, 6) is 2.01. The first-order valence-corrected chi connectivity index (χ1v) is 8.11. The average Bonchev–Trinajstić information content (AvgIpc) is 2.99. The first-order valence-electron chi connectivity index (χ1n) is 7.23. The van der Waals surface area contributed by atoms with E-state index < -0.39 is 0 Å². The van der Waals surface area contributed by atoms with Crippen molar-refractivity contribution in [3.63, 3.8) is 0 Å². The normalized spacial score (nSPS) is 14.4. The molecule has 0 atom stereocenters. The van der Waals surface area contributed by atoms with Gasteiger partial charge in [0.15, 0.2) is 5.82 Å². The van der Waals surface area contributed by atoms with Gasteiger partial charge in [0.05, 0.1) is 12.0 Å². The number of thiophene rings is 1. The van der Waals surface area contributed by atoms with E-state index in [4.69, 9.17) is 8.94 Å². The van der Waals surface area contributed by atoms with E-state index in [0.29, 0.717) is 23.3 Å². The molecule has 1 saturated carbocycles. The highest BCUT2D eigenvalue weighted by atomic mass is 32.1. The third-order valence-corrected chi connectivity index (χ3v) is 4.35. The second kappa shape index (κ2) is 5.85. The quantitative estimate of drug-likeness (QED) is 0.718. The van der Waals surface area contributed by atoms with E-state index >= 15 is 0 Å². The second-order valence-electron chi connectivity index (χ2n) is 5.23. The van der Waals surface area contributed by atoms with Crippen LogP contribution in [0.1, 0.15) is 30.3 Å². The van der Waals surface area contributed by atoms with Gasteiger partial charge in [-0.1, -0.05) is 5.16 Å². The number of amides is 1. The number of hydrogen-bond acceptors (Lipinski definition) is 6. The SMILES string of the molecule is O=C(/C=C/c1ccco1)Nc1ccsc1-c1nc(C2CC2)no1. The number of nitrogens with zero attached hydrogens (tertiary/aromatic N) is 2. The lowest BCUT2D eigenvalue weighted by molar-refractivity contribution is -0.111. The monoisotopic (exact) mass is 327 g/mol. The summed E-state index contributed by atoms with van der Waals surface area (Å²) < 4.78 is 10.5. The van der Waals surface area contributed by atoms with E-state index in [1.165, 1.54) is 17.4 Å². The maximum atomic E-state index is 12.0. The molecule has 0 spiro atoms. The Morgan fingerprint density at radius 3 is 3.09 bits per heavy atom. The molecule has 0 bridgehead atoms. The number of carbonyl (C=O) groups is 1. The molecule has 7 heteroatoms. The molecule has 1 aliphatic rings. The van der Waals surface area contributed by atoms with Crippen molar-refractivity contribution >= 4 is 29.0 Å². The molecule has 0 saturated heterocycles. The van der Waals surface area contributed by atoms with Crippen LogP contribution >= 0.6 is 11.3 Å². The number of hydrogen-bond donors (Lipinski definition) is 1. The van der Waals surface area contributed by atoms with Gasteiger partial charge >= 0.3 is 0 Å². The van der Waals surface area contributed by atoms with Crippen LogP contribution in [0.4, 0.5) is 5.69 Å². The zero-order valence-corrected chi connectivity index (χ0v) is 12.9. The Bertz CT molecular complexity index is 844. The molecule has 0 radical (unpaired) electrons. The predicted octanol–water partition coefficient (Wildman–Crippen LogP) is 3.92. The molecule has 6 nitrogen and oxygen atoms in total. The van der Waals surface area contributed by atoms with Gasteiger partial charge in [0.1, 0.15) is 10.6 Å². The zero-order chi connectivity index (χ0) is 15.6. The Kier molecular flexibility index (Phi) is 3.55. The average molecular weight is 327 g/mol. The van der Waals surface area contributed by atoms with E-state index in [-0.39, 0.29) is 5.91 Å². The summed E-state index contributed by atoms with van der Waals surface area (Å²) in [4.78, 5) is 17.2. The highest BCUT2D eigenvalue weighted by Crippen LogP contribution is 2.40. The number of nitrogens with one attached hydrogen (secondary N) is 1. The van der Waals surface area contributed by atoms with Gasteiger partial charge in [0, 0.05) is 12.0 Å². The molecule has 3 aromatic rings. The molecule has 1 aliphatic carbocycles. The minimum atomic E-state index is -0.247. The largest absolute Gasteiger partial charge is 0.465 e. The van der Waals surface area contributed by atoms with E-state index in [1.807, 2.05) is 11.4 Å². The number of anilines is 1. The van der Waals surface area contributed by atoms with Gasteiger partial charge < -0.3 is 14.3 Å². The van der Waals surface area contributed by atoms with Crippen molar-refractivity contribution in [3.8, 4) is 10.8 Å². The molecule has 0 aliphatic heterocycles. The van der Waals surface area contributed by atoms with Crippen LogP contribution in [0.15, 0.2) is 44.9 Å². The lowest BCUT2D eigenvalue weighted by Crippen LogP contribution is -2.07. The van der Waals surface area contributed by atoms with Crippen LogP contribution in [0.2, 0.25) is 0 Å². The Balaban J connectivity index is 1.49. The van der Waals surface area contributed by atoms with Crippen LogP contribution in [0.25, 0.3) is 16.8 Å². The molecule has 3 heterocycles. The van der Waals surface area contributed by atoms with Gasteiger partial charge in [-0.15, -0.1) is 11.3 Å². The summed E-state index contributed by atoms with van der Waals surface area (Å²) in [6, 6.07) is 5.36. The third-order valence-electron chi connectivity index (χ3n) is 3.44. The van der Waals surface area contributed by atoms with Crippen LogP contribution in [0.3, 0.4) is 0 Å². The molecular formula is C16H13N3O3S. The maximum Gasteiger partial charge on any atom is 0.270 e. The minimum Gasteiger partial charge on any atom is -0.465 e. The Hall–Kier alpha value is -2.67. The topological polar surface area (TPSA) is 81.2 Å². The van der Waals surface area contributed by atoms with E-state index in [0.717, 1.165) is 23.5 Å². The molecule has 4 rings (SSSR count). The lowest BCUT2D eigenvalue weighted by Gasteiger charge is -2.00. The molecule has 23 heavy (non-hydrogen) atoms. The van der Waals surface area contributed by atoms with Crippen molar-refractivity contribution in [1.82, 2.24) is 10.1 Å². The summed E-state index contributed by atoms with van der Waals surface area (Å²) in [5, 5.41) is 8.70. The van der Waals surface area contributed by atoms with Crippen molar-refractivity contribution < 1.29 is 13.7 Å². The first kappa shape index (κ1) is 14.0. The lowest BCUT2D eigenvalue weighted by atomic mass is 10.3. The van der Waals surface area contributed by atoms with Gasteiger partial charge in [-0.05, 0) is 42.5 Å². The molecule has 1 fully saturated rings. The van der Waals surface area contributed by atoms with Crippen LogP contribution in [-0.2, 0) is 4.79 Å². The fourth-order valence-corrected chi connectivity index (χ4v) is 2.90. The standard InChI is InChI=1S/C16H13N3O3S/c20-13(6-5-11-2-1-8-21-11)17-12-7-9-23-14(12)16-18-15(19-22-16)10-3-4-10/h1-2,5-10H,3-4H2,(H,17,20)/b6-5+. The number of aromatic nitrogens is 2. The zero-order valence-electron chi connectivity index (χ0n) is 12.1. The number of rotatable bonds is 5. The molecule has 0 aromatic carbocycles. The molecule has 1 amide bonds. The highest BCUT2D eigenvalue weighted by Gasteiger charge is 2.29. The minimum absolute atomic E-state index is 0.247. The van der Waals surface area contributed by atoms with Crippen molar-refractivity contribution in [2.24, 2.45) is 0 Å². The van der Waals surface area contributed by atoms with Crippen LogP contribution in [0, 0.1) is 0 Å². The van der Waals surface area contributed by atoms with Crippen LogP contribution in [0.5, 0.6) is 0 Å². The molecule has 116 valence electrons. The Morgan fingerprint density at radius 1 is 1.39 bits per heavy atom. The van der Waals surface area contributed by atoms with E-state index in [1.54, 1.807) is 24.5 Å². The van der Waals surface area contributed by atoms with Gasteiger partial charge in [0.25, 0.3) is 5.89 Å². The summed E-state index contributed by atoms with van der Waals surface area (Å²) in [6.45, 7) is 0. The third kappa shape index (κ3) is 3.09. The van der Waals surface area contributed by atoms with Crippen molar-refractivity contribution in [2.75, 3.05) is 5.32 Å². The second-order valence-corrected chi connectivity index (χ2v) is 6.15. The van der Waals surface area contributed by atoms with E-state index in [2.05, 4.69) is 15.5 Å². The molecule has 0 unspecified atom stereocenters. The summed E-state index contributed by atoms with van der Waals surface area (Å²) >= 11 is 1.45. The molecular weight excluding hydrogens is 314 g/mol. The highest BCUT2D eigenvalue weighted by molar-refractivity contribution is 7.14. The van der Waals surface area contributed by atoms with Crippen LogP contribution < -0.4 is 5.32 Å². The number of furan rings is 1. The van der Waals surface area contributed by atoms with Crippen molar-refractivity contribution in [3.05, 3.63) is 47.5 Å². The van der Waals surface area contributed by atoms with E-state index in [9.17, 15) is 4.79 Å². The summed E-state index contributed by atoms with van der Waals surface area (Å²) in [7, 11) is 0. The first-order chi connectivity index (χ1) is 11.3. The Morgan fingerprint density at radius 2 is 2.30 bits per heavy atom. The van der Waals surface area contributed by atoms with Gasteiger partial charge in [-0.2, -0.15) is 4.98 Å². The van der Waals surface area contributed by atoms with Gasteiger partial charge in [-0.3, -0.25) is 4.79 Å². The molecule has 3 aromatic heterocycles. The fraction of sp³-hybridized carbons (Fsp3) is 0.188. The number of carbonyl (C=O) groups excluding carboxylic acids is 1.